The first kappa shape index (κ1) is 14.8. The fourth-order valence-corrected chi connectivity index (χ4v) is 3.06. The molecule has 1 aliphatic heterocycles. The predicted octanol–water partition coefficient (Wildman–Crippen LogP) is 1.41. The molecule has 124 valence electrons. The second-order valence-electron chi connectivity index (χ2n) is 6.01. The maximum atomic E-state index is 12.5. The van der Waals surface area contributed by atoms with Gasteiger partial charge in [0.2, 0.25) is 5.95 Å². The van der Waals surface area contributed by atoms with E-state index in [0.717, 1.165) is 42.7 Å². The minimum atomic E-state index is -0.292. The molecule has 0 unspecified atom stereocenters. The summed E-state index contributed by atoms with van der Waals surface area (Å²) in [6.45, 7) is 1.95. The van der Waals surface area contributed by atoms with Crippen molar-refractivity contribution in [1.82, 2.24) is 30.3 Å². The molecule has 3 aromatic rings. The third kappa shape index (κ3) is 2.65. The van der Waals surface area contributed by atoms with Gasteiger partial charge in [0.25, 0.3) is 5.91 Å². The largest absolute Gasteiger partial charge is 0.317 e. The number of para-hydroxylation sites is 1. The number of hydrogen-bond donors (Lipinski definition) is 3. The van der Waals surface area contributed by atoms with Gasteiger partial charge in [-0.2, -0.15) is 15.2 Å². The van der Waals surface area contributed by atoms with E-state index in [9.17, 15) is 4.79 Å². The standard InChI is InChI=1S/C16H19N7O/c1-23-16(18-14(22-23)10-6-8-17-9-7-10)19-15(24)13-11-4-2-3-5-12(11)20-21-13/h2-5,10,17H,6-9H2,1H3,(H,20,21)(H,18,19,22,24). The Bertz CT molecular complexity index is 876. The first-order valence-corrected chi connectivity index (χ1v) is 8.08. The molecule has 3 heterocycles. The number of piperidine rings is 1. The van der Waals surface area contributed by atoms with Crippen LogP contribution in [0.25, 0.3) is 10.9 Å². The molecule has 1 fully saturated rings. The van der Waals surface area contributed by atoms with Gasteiger partial charge in [-0.3, -0.25) is 15.2 Å². The molecule has 3 N–H and O–H groups in total. The molecule has 0 radical (unpaired) electrons. The highest BCUT2D eigenvalue weighted by Gasteiger charge is 2.22. The molecule has 8 heteroatoms. The number of rotatable bonds is 3. The van der Waals surface area contributed by atoms with Gasteiger partial charge in [0, 0.05) is 18.4 Å². The summed E-state index contributed by atoms with van der Waals surface area (Å²) in [6.07, 6.45) is 2.03. The predicted molar refractivity (Wildman–Crippen MR) is 89.9 cm³/mol. The van der Waals surface area contributed by atoms with Crippen molar-refractivity contribution in [2.45, 2.75) is 18.8 Å². The maximum Gasteiger partial charge on any atom is 0.279 e. The Labute approximate surface area is 138 Å². The van der Waals surface area contributed by atoms with Crippen molar-refractivity contribution in [3.8, 4) is 0 Å². The Morgan fingerprint density at radius 1 is 1.29 bits per heavy atom. The fourth-order valence-electron chi connectivity index (χ4n) is 3.06. The number of carbonyl (C=O) groups is 1. The molecule has 0 bridgehead atoms. The summed E-state index contributed by atoms with van der Waals surface area (Å²) in [6, 6.07) is 7.53. The monoisotopic (exact) mass is 325 g/mol. The summed E-state index contributed by atoms with van der Waals surface area (Å²) < 4.78 is 1.62. The van der Waals surface area contributed by atoms with E-state index in [1.54, 1.807) is 11.7 Å². The fraction of sp³-hybridized carbons (Fsp3) is 0.375. The molecule has 2 aromatic heterocycles. The van der Waals surface area contributed by atoms with Gasteiger partial charge in [-0.25, -0.2) is 4.68 Å². The van der Waals surface area contributed by atoms with E-state index in [1.807, 2.05) is 24.3 Å². The van der Waals surface area contributed by atoms with Crippen LogP contribution in [-0.4, -0.2) is 44.0 Å². The molecule has 1 aromatic carbocycles. The van der Waals surface area contributed by atoms with Crippen LogP contribution < -0.4 is 10.6 Å². The smallest absolute Gasteiger partial charge is 0.279 e. The Balaban J connectivity index is 1.56. The highest BCUT2D eigenvalue weighted by atomic mass is 16.2. The minimum absolute atomic E-state index is 0.292. The van der Waals surface area contributed by atoms with E-state index in [4.69, 9.17) is 0 Å². The molecular weight excluding hydrogens is 306 g/mol. The number of benzene rings is 1. The highest BCUT2D eigenvalue weighted by molar-refractivity contribution is 6.10. The van der Waals surface area contributed by atoms with Gasteiger partial charge in [0.15, 0.2) is 11.5 Å². The molecule has 1 aliphatic rings. The Hall–Kier alpha value is -2.74. The van der Waals surface area contributed by atoms with Crippen molar-refractivity contribution in [3.05, 3.63) is 35.8 Å². The molecular formula is C16H19N7O. The molecule has 0 atom stereocenters. The van der Waals surface area contributed by atoms with Crippen molar-refractivity contribution in [2.24, 2.45) is 7.05 Å². The molecule has 0 saturated carbocycles. The Kier molecular flexibility index (Phi) is 3.73. The van der Waals surface area contributed by atoms with Gasteiger partial charge in [-0.15, -0.1) is 0 Å². The highest BCUT2D eigenvalue weighted by Crippen LogP contribution is 2.23. The van der Waals surface area contributed by atoms with Crippen molar-refractivity contribution in [1.29, 1.82) is 0 Å². The molecule has 8 nitrogen and oxygen atoms in total. The first-order valence-electron chi connectivity index (χ1n) is 8.08. The summed E-state index contributed by atoms with van der Waals surface area (Å²) in [5.41, 5.74) is 1.19. The van der Waals surface area contributed by atoms with E-state index in [1.165, 1.54) is 0 Å². The van der Waals surface area contributed by atoms with E-state index in [2.05, 4.69) is 30.9 Å². The zero-order valence-corrected chi connectivity index (χ0v) is 13.4. The zero-order chi connectivity index (χ0) is 16.5. The summed E-state index contributed by atoms with van der Waals surface area (Å²) >= 11 is 0. The lowest BCUT2D eigenvalue weighted by Gasteiger charge is -2.19. The average molecular weight is 325 g/mol. The Morgan fingerprint density at radius 2 is 2.08 bits per heavy atom. The minimum Gasteiger partial charge on any atom is -0.317 e. The van der Waals surface area contributed by atoms with Crippen LogP contribution in [0.1, 0.15) is 35.1 Å². The molecule has 4 rings (SSSR count). The summed E-state index contributed by atoms with van der Waals surface area (Å²) in [5, 5.41) is 18.4. The van der Waals surface area contributed by atoms with Gasteiger partial charge in [-0.05, 0) is 32.0 Å². The van der Waals surface area contributed by atoms with Crippen LogP contribution in [0, 0.1) is 0 Å². The van der Waals surface area contributed by atoms with Gasteiger partial charge in [0.1, 0.15) is 0 Å². The SMILES string of the molecule is Cn1nc(C2CCNCC2)nc1NC(=O)c1n[nH]c2ccccc12. The third-order valence-electron chi connectivity index (χ3n) is 4.39. The summed E-state index contributed by atoms with van der Waals surface area (Å²) in [4.78, 5) is 17.1. The lowest BCUT2D eigenvalue weighted by atomic mass is 9.98. The second kappa shape index (κ2) is 6.04. The molecule has 0 spiro atoms. The topological polar surface area (TPSA) is 101 Å². The zero-order valence-electron chi connectivity index (χ0n) is 13.4. The number of aromatic amines is 1. The number of anilines is 1. The normalized spacial score (nSPS) is 15.7. The van der Waals surface area contributed by atoms with E-state index in [-0.39, 0.29) is 5.91 Å². The van der Waals surface area contributed by atoms with E-state index >= 15 is 0 Å². The number of hydrogen-bond acceptors (Lipinski definition) is 5. The third-order valence-corrected chi connectivity index (χ3v) is 4.39. The van der Waals surface area contributed by atoms with Crippen molar-refractivity contribution in [2.75, 3.05) is 18.4 Å². The van der Waals surface area contributed by atoms with E-state index < -0.39 is 0 Å². The van der Waals surface area contributed by atoms with Crippen LogP contribution in [0.2, 0.25) is 0 Å². The Morgan fingerprint density at radius 3 is 2.92 bits per heavy atom. The molecule has 0 aliphatic carbocycles. The molecule has 1 saturated heterocycles. The van der Waals surface area contributed by atoms with Crippen LogP contribution >= 0.6 is 0 Å². The first-order chi connectivity index (χ1) is 11.7. The number of aryl methyl sites for hydroxylation is 1. The van der Waals surface area contributed by atoms with Crippen LogP contribution in [0.3, 0.4) is 0 Å². The second-order valence-corrected chi connectivity index (χ2v) is 6.01. The number of H-pyrrole nitrogens is 1. The molecule has 1 amide bonds. The number of aromatic nitrogens is 5. The number of fused-ring (bicyclic) bond motifs is 1. The van der Waals surface area contributed by atoms with E-state index in [0.29, 0.717) is 17.6 Å². The van der Waals surface area contributed by atoms with Gasteiger partial charge in [0.05, 0.1) is 5.52 Å². The van der Waals surface area contributed by atoms with Gasteiger partial charge < -0.3 is 5.32 Å². The number of nitrogens with one attached hydrogen (secondary N) is 3. The van der Waals surface area contributed by atoms with Crippen LogP contribution in [0.4, 0.5) is 5.95 Å². The quantitative estimate of drug-likeness (QED) is 0.676. The van der Waals surface area contributed by atoms with Crippen molar-refractivity contribution >= 4 is 22.8 Å². The number of nitrogens with zero attached hydrogens (tertiary/aromatic N) is 4. The summed E-state index contributed by atoms with van der Waals surface area (Å²) in [5.74, 6) is 1.29. The van der Waals surface area contributed by atoms with Gasteiger partial charge >= 0.3 is 0 Å². The van der Waals surface area contributed by atoms with Crippen molar-refractivity contribution < 1.29 is 4.79 Å². The maximum absolute atomic E-state index is 12.5. The lowest BCUT2D eigenvalue weighted by molar-refractivity contribution is 0.102. The van der Waals surface area contributed by atoms with Crippen molar-refractivity contribution in [3.63, 3.8) is 0 Å². The van der Waals surface area contributed by atoms with Gasteiger partial charge in [-0.1, -0.05) is 18.2 Å². The number of carbonyl (C=O) groups excluding carboxylic acids is 1. The molecule has 24 heavy (non-hydrogen) atoms. The van der Waals surface area contributed by atoms with Crippen LogP contribution in [0.5, 0.6) is 0 Å². The summed E-state index contributed by atoms with van der Waals surface area (Å²) in [7, 11) is 1.79. The average Bonchev–Trinajstić information content (AvgIpc) is 3.20. The van der Waals surface area contributed by atoms with Crippen LogP contribution in [0.15, 0.2) is 24.3 Å². The lowest BCUT2D eigenvalue weighted by Crippen LogP contribution is -2.27. The van der Waals surface area contributed by atoms with Crippen LogP contribution in [-0.2, 0) is 7.05 Å². The number of amides is 1.